The van der Waals surface area contributed by atoms with Gasteiger partial charge in [-0.25, -0.2) is 18.5 Å². The topological polar surface area (TPSA) is 341 Å². The summed E-state index contributed by atoms with van der Waals surface area (Å²) in [6.07, 6.45) is 1.34. The highest BCUT2D eigenvalue weighted by Gasteiger charge is 2.43. The molecule has 25 nitrogen and oxygen atoms in total. The number of amides is 2. The molecule has 0 radical (unpaired) electrons. The molecular weight excluding hydrogens is 943 g/mol. The van der Waals surface area contributed by atoms with Crippen LogP contribution in [0.5, 0.6) is 0 Å². The number of rotatable bonds is 36. The van der Waals surface area contributed by atoms with Gasteiger partial charge in [0.1, 0.15) is 18.3 Å². The molecule has 1 aromatic rings. The van der Waals surface area contributed by atoms with E-state index in [2.05, 4.69) is 35.9 Å². The van der Waals surface area contributed by atoms with Crippen LogP contribution in [0.1, 0.15) is 64.2 Å². The van der Waals surface area contributed by atoms with Crippen molar-refractivity contribution in [1.82, 2.24) is 20.2 Å². The van der Waals surface area contributed by atoms with Crippen molar-refractivity contribution in [3.8, 4) is 0 Å². The molecule has 2 heterocycles. The molecule has 5 atom stereocenters. The lowest BCUT2D eigenvalue weighted by atomic mass is 10.2. The first kappa shape index (κ1) is 57.3. The number of nitrogens with zero attached hydrogens (tertiary/aromatic N) is 2. The number of phosphoric ester groups is 1. The minimum absolute atomic E-state index is 0.00302. The smallest absolute Gasteiger partial charge is 0.379 e. The van der Waals surface area contributed by atoms with E-state index in [1.165, 1.54) is 34.7 Å². The molecule has 1 saturated heterocycles. The summed E-state index contributed by atoms with van der Waals surface area (Å²) in [5, 5.41) is 5.67. The van der Waals surface area contributed by atoms with Crippen molar-refractivity contribution in [3.63, 3.8) is 0 Å². The van der Waals surface area contributed by atoms with Crippen molar-refractivity contribution in [3.05, 3.63) is 32.6 Å². The van der Waals surface area contributed by atoms with Crippen molar-refractivity contribution in [2.45, 2.75) is 82.5 Å². The molecule has 7 N–H and O–H groups in total. The highest BCUT2D eigenvalue weighted by Crippen LogP contribution is 2.66. The first-order chi connectivity index (χ1) is 29.6. The molecule has 0 spiro atoms. The lowest BCUT2D eigenvalue weighted by molar-refractivity contribution is -0.122. The van der Waals surface area contributed by atoms with Crippen LogP contribution in [0.4, 0.5) is 0 Å². The average Bonchev–Trinajstić information content (AvgIpc) is 3.59. The van der Waals surface area contributed by atoms with Crippen LogP contribution in [0.25, 0.3) is 0 Å². The van der Waals surface area contributed by atoms with Crippen LogP contribution in [0.2, 0.25) is 0 Å². The highest BCUT2D eigenvalue weighted by atomic mass is 33.1. The van der Waals surface area contributed by atoms with Gasteiger partial charge in [0, 0.05) is 55.4 Å². The Labute approximate surface area is 372 Å². The second-order valence-corrected chi connectivity index (χ2v) is 21.5. The lowest BCUT2D eigenvalue weighted by Gasteiger charge is -2.24. The Balaban J connectivity index is 1.63. The maximum Gasteiger partial charge on any atom is 0.490 e. The van der Waals surface area contributed by atoms with Crippen LogP contribution < -0.4 is 21.9 Å². The number of H-pyrrole nitrogens is 1. The Kier molecular flexibility index (Phi) is 27.0. The SMILES string of the molecule is C=NCCCCCC(=O)NCCOCCOCCOCCOCCC(=O)NCC(C)(C)SSCOC1C[C@H](n2cc(C)c(=O)[nH]c2=O)O[C@@H]1COP(=O)(O)OP(=O)(O)OP(=O)(O)O. The fourth-order valence-electron chi connectivity index (χ4n) is 5.16. The van der Waals surface area contributed by atoms with Gasteiger partial charge in [0.05, 0.1) is 65.6 Å². The number of ether oxygens (including phenoxy) is 6. The molecule has 0 aromatic carbocycles. The highest BCUT2D eigenvalue weighted by molar-refractivity contribution is 8.77. The van der Waals surface area contributed by atoms with Crippen LogP contribution in [-0.4, -0.2) is 150 Å². The first-order valence-electron chi connectivity index (χ1n) is 19.6. The molecule has 30 heteroatoms. The van der Waals surface area contributed by atoms with E-state index in [0.717, 1.165) is 30.4 Å². The van der Waals surface area contributed by atoms with Gasteiger partial charge in [0.15, 0.2) is 0 Å². The quantitative estimate of drug-likeness (QED) is 0.0166. The molecule has 0 aliphatic carbocycles. The van der Waals surface area contributed by atoms with Gasteiger partial charge in [-0.05, 0) is 40.3 Å². The summed E-state index contributed by atoms with van der Waals surface area (Å²) in [5.41, 5.74) is -1.26. The molecule has 3 unspecified atom stereocenters. The molecule has 1 aliphatic heterocycles. The number of nitrogens with one attached hydrogen (secondary N) is 3. The summed E-state index contributed by atoms with van der Waals surface area (Å²) < 4.78 is 81.5. The zero-order valence-corrected chi connectivity index (χ0v) is 39.6. The third-order valence-corrected chi connectivity index (χ3v) is 14.9. The van der Waals surface area contributed by atoms with Crippen LogP contribution in [-0.2, 0) is 64.9 Å². The summed E-state index contributed by atoms with van der Waals surface area (Å²) in [5.74, 6) is -0.217. The third-order valence-electron chi connectivity index (χ3n) is 8.16. The first-order valence-corrected chi connectivity index (χ1v) is 26.4. The number of aliphatic imine (C=N–C) groups is 1. The van der Waals surface area contributed by atoms with E-state index in [9.17, 15) is 42.7 Å². The van der Waals surface area contributed by atoms with Crippen molar-refractivity contribution in [2.75, 3.05) is 85.0 Å². The number of phosphoric acid groups is 3. The van der Waals surface area contributed by atoms with Gasteiger partial charge in [0.25, 0.3) is 5.56 Å². The average molecular weight is 1000 g/mol. The molecular formula is C33H60N5O20P3S2. The monoisotopic (exact) mass is 1000 g/mol. The van der Waals surface area contributed by atoms with Gasteiger partial charge in [-0.1, -0.05) is 28.0 Å². The Morgan fingerprint density at radius 2 is 1.52 bits per heavy atom. The van der Waals surface area contributed by atoms with E-state index < -0.39 is 64.5 Å². The van der Waals surface area contributed by atoms with E-state index in [4.69, 9.17) is 42.7 Å². The standard InChI is InChI=1S/C33H60N5O20P3S2/c1-25-21-38(32(42)37-31(25)41)30-20-26(27(56-30)22-55-60(46,47)58-61(48,49)57-59(43,44)45)54-24-62-63-33(2,3)23-36-29(40)9-12-50-14-16-52-18-19-53-17-15-51-13-11-35-28(39)8-6-5-7-10-34-4/h21,26-27,30H,4-20,22-24H2,1-3H3,(H,35,39)(H,36,40)(H,46,47)(H,48,49)(H,37,41,42)(H2,43,44,45)/t26?,27-,30-/m1/s1. The Morgan fingerprint density at radius 3 is 2.16 bits per heavy atom. The Bertz CT molecular complexity index is 1820. The van der Waals surface area contributed by atoms with Crippen LogP contribution in [0.15, 0.2) is 20.8 Å². The summed E-state index contributed by atoms with van der Waals surface area (Å²) in [6.45, 7) is 12.0. The molecule has 63 heavy (non-hydrogen) atoms. The predicted octanol–water partition coefficient (Wildman–Crippen LogP) is 1.93. The van der Waals surface area contributed by atoms with Gasteiger partial charge in [-0.3, -0.25) is 28.5 Å². The fraction of sp³-hybridized carbons (Fsp3) is 0.788. The molecule has 1 fully saturated rings. The number of unbranched alkanes of at least 4 members (excludes halogenated alkanes) is 2. The number of hydrogen-bond acceptors (Lipinski definition) is 19. The normalized spacial score (nSPS) is 18.7. The van der Waals surface area contributed by atoms with E-state index in [1.807, 2.05) is 13.8 Å². The van der Waals surface area contributed by atoms with Crippen molar-refractivity contribution in [1.29, 1.82) is 0 Å². The molecule has 1 aromatic heterocycles. The summed E-state index contributed by atoms with van der Waals surface area (Å²) in [7, 11) is -14.2. The molecule has 2 amide bonds. The molecule has 364 valence electrons. The number of hydrogen-bond donors (Lipinski definition) is 7. The number of aromatic amines is 1. The van der Waals surface area contributed by atoms with Crippen LogP contribution in [0.3, 0.4) is 0 Å². The van der Waals surface area contributed by atoms with Crippen LogP contribution in [0, 0.1) is 6.92 Å². The van der Waals surface area contributed by atoms with E-state index in [0.29, 0.717) is 59.2 Å². The minimum atomic E-state index is -5.77. The zero-order valence-electron chi connectivity index (χ0n) is 35.3. The maximum absolute atomic E-state index is 12.5. The van der Waals surface area contributed by atoms with Crippen molar-refractivity contribution >= 4 is 63.6 Å². The van der Waals surface area contributed by atoms with Gasteiger partial charge >= 0.3 is 29.2 Å². The lowest BCUT2D eigenvalue weighted by Crippen LogP contribution is -2.36. The number of aryl methyl sites for hydroxylation is 1. The molecule has 1 aliphatic rings. The summed E-state index contributed by atoms with van der Waals surface area (Å²) >= 11 is 0. The number of carbonyl (C=O) groups is 2. The second kappa shape index (κ2) is 29.7. The van der Waals surface area contributed by atoms with Crippen LogP contribution >= 0.6 is 45.1 Å². The Hall–Kier alpha value is -1.84. The number of aromatic nitrogens is 2. The van der Waals surface area contributed by atoms with Gasteiger partial charge < -0.3 is 63.6 Å². The minimum Gasteiger partial charge on any atom is -0.379 e. The van der Waals surface area contributed by atoms with Crippen molar-refractivity contribution < 1.29 is 84.4 Å². The fourth-order valence-corrected chi connectivity index (χ4v) is 10.4. The molecule has 2 rings (SSSR count). The van der Waals surface area contributed by atoms with E-state index in [-0.39, 0.29) is 49.3 Å². The number of carbonyl (C=O) groups excluding carboxylic acids is 2. The van der Waals surface area contributed by atoms with Gasteiger partial charge in [-0.2, -0.15) is 8.62 Å². The molecule has 0 bridgehead atoms. The molecule has 0 saturated carbocycles. The zero-order chi connectivity index (χ0) is 46.9. The van der Waals surface area contributed by atoms with E-state index in [1.54, 1.807) is 0 Å². The Morgan fingerprint density at radius 1 is 0.905 bits per heavy atom. The van der Waals surface area contributed by atoms with Gasteiger partial charge in [0.2, 0.25) is 11.8 Å². The summed E-state index contributed by atoms with van der Waals surface area (Å²) in [6, 6.07) is 0. The van der Waals surface area contributed by atoms with E-state index >= 15 is 0 Å². The third kappa shape index (κ3) is 26.8. The largest absolute Gasteiger partial charge is 0.490 e. The maximum atomic E-state index is 12.5. The summed E-state index contributed by atoms with van der Waals surface area (Å²) in [4.78, 5) is 91.4. The second-order valence-electron chi connectivity index (χ2n) is 14.1. The van der Waals surface area contributed by atoms with Gasteiger partial charge in [-0.15, -0.1) is 0 Å². The predicted molar refractivity (Wildman–Crippen MR) is 230 cm³/mol. The van der Waals surface area contributed by atoms with Crippen molar-refractivity contribution in [2.24, 2.45) is 4.99 Å².